The Hall–Kier alpha value is -2.87. The van der Waals surface area contributed by atoms with Gasteiger partial charge in [0.25, 0.3) is 0 Å². The number of carbonyl (C=O) groups is 1. The molecule has 1 saturated heterocycles. The molecule has 0 saturated carbocycles. The van der Waals surface area contributed by atoms with E-state index in [0.29, 0.717) is 23.2 Å². The van der Waals surface area contributed by atoms with E-state index in [0.717, 1.165) is 24.0 Å². The fraction of sp³-hybridized carbons (Fsp3) is 0.318. The first kappa shape index (κ1) is 21.8. The van der Waals surface area contributed by atoms with Gasteiger partial charge in [0.2, 0.25) is 5.91 Å². The second-order valence-corrected chi connectivity index (χ2v) is 7.86. The number of amidine groups is 1. The summed E-state index contributed by atoms with van der Waals surface area (Å²) < 4.78 is 23.7. The highest BCUT2D eigenvalue weighted by Gasteiger charge is 2.37. The number of methoxy groups -OCH3 is 2. The number of benzene rings is 2. The number of thioether (sulfide) groups is 1. The molecule has 1 atom stereocenters. The molecule has 158 valence electrons. The van der Waals surface area contributed by atoms with Crippen LogP contribution in [0.25, 0.3) is 0 Å². The van der Waals surface area contributed by atoms with Crippen LogP contribution in [0.4, 0.5) is 4.39 Å². The van der Waals surface area contributed by atoms with E-state index in [9.17, 15) is 9.18 Å². The molecule has 6 nitrogen and oxygen atoms in total. The highest BCUT2D eigenvalue weighted by atomic mass is 32.2. The van der Waals surface area contributed by atoms with Gasteiger partial charge in [-0.05, 0) is 47.9 Å². The van der Waals surface area contributed by atoms with Crippen LogP contribution in [0.5, 0.6) is 11.5 Å². The van der Waals surface area contributed by atoms with Gasteiger partial charge in [0.15, 0.2) is 16.7 Å². The van der Waals surface area contributed by atoms with Crippen molar-refractivity contribution in [2.45, 2.75) is 31.6 Å². The van der Waals surface area contributed by atoms with Crippen molar-refractivity contribution in [2.75, 3.05) is 14.2 Å². The predicted octanol–water partition coefficient (Wildman–Crippen LogP) is 4.48. The normalized spacial score (nSPS) is 17.9. The van der Waals surface area contributed by atoms with Crippen molar-refractivity contribution in [3.8, 4) is 11.5 Å². The molecule has 0 aliphatic carbocycles. The number of nitrogens with zero attached hydrogens (tertiary/aromatic N) is 3. The molecule has 0 aromatic heterocycles. The molecule has 2 aromatic rings. The van der Waals surface area contributed by atoms with E-state index in [1.165, 1.54) is 23.9 Å². The number of amides is 1. The van der Waals surface area contributed by atoms with Crippen molar-refractivity contribution in [1.82, 2.24) is 4.90 Å². The lowest BCUT2D eigenvalue weighted by Gasteiger charge is -2.15. The maximum absolute atomic E-state index is 13.2. The number of hydrogen-bond acceptors (Lipinski definition) is 6. The van der Waals surface area contributed by atoms with Gasteiger partial charge in [0, 0.05) is 0 Å². The van der Waals surface area contributed by atoms with Crippen LogP contribution in [0.15, 0.2) is 52.7 Å². The topological polar surface area (TPSA) is 63.5 Å². The SMILES string of the molecule is CCCC1S/C(=N\N=C\c2ccc(OC)c(OC)c2)N(Cc2ccc(F)cc2)C1=O. The maximum atomic E-state index is 13.2. The Morgan fingerprint density at radius 2 is 1.87 bits per heavy atom. The summed E-state index contributed by atoms with van der Waals surface area (Å²) in [4.78, 5) is 14.4. The number of rotatable bonds is 8. The molecule has 1 unspecified atom stereocenters. The Kier molecular flexibility index (Phi) is 7.46. The van der Waals surface area contributed by atoms with E-state index in [4.69, 9.17) is 9.47 Å². The van der Waals surface area contributed by atoms with Crippen molar-refractivity contribution in [2.24, 2.45) is 10.2 Å². The Morgan fingerprint density at radius 1 is 1.13 bits per heavy atom. The third-order valence-electron chi connectivity index (χ3n) is 4.58. The lowest BCUT2D eigenvalue weighted by atomic mass is 10.2. The van der Waals surface area contributed by atoms with E-state index < -0.39 is 0 Å². The average molecular weight is 430 g/mol. The summed E-state index contributed by atoms with van der Waals surface area (Å²) >= 11 is 1.42. The van der Waals surface area contributed by atoms with Crippen LogP contribution in [-0.4, -0.2) is 41.7 Å². The molecule has 1 fully saturated rings. The minimum absolute atomic E-state index is 0.00578. The minimum Gasteiger partial charge on any atom is -0.493 e. The molecule has 0 bridgehead atoms. The second-order valence-electron chi connectivity index (χ2n) is 6.69. The first-order chi connectivity index (χ1) is 14.5. The standard InChI is InChI=1S/C22H24FN3O3S/c1-4-5-20-21(27)26(14-15-6-9-17(23)10-7-15)22(30-20)25-24-13-16-8-11-18(28-2)19(12-16)29-3/h6-13,20H,4-5,14H2,1-3H3/b24-13+,25-22-. The molecule has 1 amide bonds. The van der Waals surface area contributed by atoms with Crippen LogP contribution in [0, 0.1) is 5.82 Å². The third-order valence-corrected chi connectivity index (χ3v) is 5.82. The molecule has 0 radical (unpaired) electrons. The Labute approximate surface area is 179 Å². The lowest BCUT2D eigenvalue weighted by molar-refractivity contribution is -0.126. The van der Waals surface area contributed by atoms with Crippen LogP contribution >= 0.6 is 11.8 Å². The Morgan fingerprint density at radius 3 is 2.53 bits per heavy atom. The quantitative estimate of drug-likeness (QED) is 0.459. The van der Waals surface area contributed by atoms with Gasteiger partial charge < -0.3 is 9.47 Å². The van der Waals surface area contributed by atoms with Crippen molar-refractivity contribution < 1.29 is 18.7 Å². The first-order valence-electron chi connectivity index (χ1n) is 9.61. The van der Waals surface area contributed by atoms with Crippen molar-refractivity contribution >= 4 is 29.1 Å². The van der Waals surface area contributed by atoms with Crippen LogP contribution in [0.2, 0.25) is 0 Å². The van der Waals surface area contributed by atoms with Gasteiger partial charge in [0.05, 0.1) is 32.2 Å². The van der Waals surface area contributed by atoms with Gasteiger partial charge in [-0.15, -0.1) is 5.10 Å². The summed E-state index contributed by atoms with van der Waals surface area (Å²) in [6, 6.07) is 11.5. The smallest absolute Gasteiger partial charge is 0.242 e. The molecular formula is C22H24FN3O3S. The van der Waals surface area contributed by atoms with E-state index in [1.807, 2.05) is 13.0 Å². The summed E-state index contributed by atoms with van der Waals surface area (Å²) in [5.74, 6) is 0.927. The zero-order valence-corrected chi connectivity index (χ0v) is 18.0. The zero-order valence-electron chi connectivity index (χ0n) is 17.2. The number of halogens is 1. The van der Waals surface area contributed by atoms with Gasteiger partial charge >= 0.3 is 0 Å². The van der Waals surface area contributed by atoms with E-state index in [2.05, 4.69) is 10.2 Å². The summed E-state index contributed by atoms with van der Waals surface area (Å²) in [6.45, 7) is 2.37. The lowest BCUT2D eigenvalue weighted by Crippen LogP contribution is -2.31. The van der Waals surface area contributed by atoms with E-state index in [-0.39, 0.29) is 17.0 Å². The summed E-state index contributed by atoms with van der Waals surface area (Å²) in [6.07, 6.45) is 3.26. The van der Waals surface area contributed by atoms with Crippen LogP contribution in [0.3, 0.4) is 0 Å². The van der Waals surface area contributed by atoms with Crippen molar-refractivity contribution in [3.63, 3.8) is 0 Å². The highest BCUT2D eigenvalue weighted by Crippen LogP contribution is 2.32. The average Bonchev–Trinajstić information content (AvgIpc) is 3.04. The van der Waals surface area contributed by atoms with Crippen molar-refractivity contribution in [3.05, 3.63) is 59.4 Å². The predicted molar refractivity (Wildman–Crippen MR) is 118 cm³/mol. The van der Waals surface area contributed by atoms with Crippen molar-refractivity contribution in [1.29, 1.82) is 0 Å². The van der Waals surface area contributed by atoms with E-state index >= 15 is 0 Å². The largest absolute Gasteiger partial charge is 0.493 e. The molecule has 30 heavy (non-hydrogen) atoms. The first-order valence-corrected chi connectivity index (χ1v) is 10.5. The number of ether oxygens (including phenoxy) is 2. The summed E-state index contributed by atoms with van der Waals surface area (Å²) in [5, 5.41) is 8.85. The monoisotopic (exact) mass is 429 g/mol. The fourth-order valence-electron chi connectivity index (χ4n) is 3.03. The molecule has 1 aliphatic heterocycles. The molecule has 0 spiro atoms. The molecule has 0 N–H and O–H groups in total. The fourth-order valence-corrected chi connectivity index (χ4v) is 4.24. The summed E-state index contributed by atoms with van der Waals surface area (Å²) in [5.41, 5.74) is 1.63. The van der Waals surface area contributed by atoms with Gasteiger partial charge in [-0.3, -0.25) is 9.69 Å². The molecular weight excluding hydrogens is 405 g/mol. The maximum Gasteiger partial charge on any atom is 0.242 e. The highest BCUT2D eigenvalue weighted by molar-refractivity contribution is 8.15. The molecule has 3 rings (SSSR count). The van der Waals surface area contributed by atoms with Gasteiger partial charge in [-0.25, -0.2) is 4.39 Å². The van der Waals surface area contributed by atoms with Crippen LogP contribution in [0.1, 0.15) is 30.9 Å². The van der Waals surface area contributed by atoms with Gasteiger partial charge in [-0.2, -0.15) is 5.10 Å². The van der Waals surface area contributed by atoms with Gasteiger partial charge in [0.1, 0.15) is 5.82 Å². The third kappa shape index (κ3) is 5.18. The van der Waals surface area contributed by atoms with Crippen LogP contribution < -0.4 is 9.47 Å². The number of carbonyl (C=O) groups excluding carboxylic acids is 1. The van der Waals surface area contributed by atoms with E-state index in [1.54, 1.807) is 49.6 Å². The number of hydrogen-bond donors (Lipinski definition) is 0. The molecule has 2 aromatic carbocycles. The molecule has 8 heteroatoms. The van der Waals surface area contributed by atoms with Crippen LogP contribution in [-0.2, 0) is 11.3 Å². The Bertz CT molecular complexity index is 947. The zero-order chi connectivity index (χ0) is 21.5. The molecule has 1 heterocycles. The minimum atomic E-state index is -0.307. The Balaban J connectivity index is 1.81. The molecule has 1 aliphatic rings. The second kappa shape index (κ2) is 10.2. The summed E-state index contributed by atoms with van der Waals surface area (Å²) in [7, 11) is 3.15. The van der Waals surface area contributed by atoms with Gasteiger partial charge in [-0.1, -0.05) is 37.2 Å².